The number of fused-ring (bicyclic) bond motifs is 3. The summed E-state index contributed by atoms with van der Waals surface area (Å²) in [6.45, 7) is 0. The van der Waals surface area contributed by atoms with Crippen molar-refractivity contribution in [1.29, 1.82) is 0 Å². The average molecular weight is 253 g/mol. The molecule has 2 N–H and O–H groups in total. The van der Waals surface area contributed by atoms with Gasteiger partial charge in [-0.1, -0.05) is 42.5 Å². The van der Waals surface area contributed by atoms with E-state index in [2.05, 4.69) is 16.9 Å². The van der Waals surface area contributed by atoms with Crippen LogP contribution in [0.5, 0.6) is 0 Å². The maximum atomic E-state index is 11.5. The molecular formula is C16H15NO2. The number of benzene rings is 2. The van der Waals surface area contributed by atoms with Crippen LogP contribution in [-0.4, -0.2) is 13.1 Å². The van der Waals surface area contributed by atoms with Crippen LogP contribution in [0, 0.1) is 0 Å². The van der Waals surface area contributed by atoms with Gasteiger partial charge in [-0.3, -0.25) is 4.79 Å². The van der Waals surface area contributed by atoms with Crippen LogP contribution < -0.4 is 5.73 Å². The Hall–Kier alpha value is -2.13. The predicted molar refractivity (Wildman–Crippen MR) is 73.6 cm³/mol. The summed E-state index contributed by atoms with van der Waals surface area (Å²) in [6.07, 6.45) is 0.896. The molecule has 1 aliphatic carbocycles. The van der Waals surface area contributed by atoms with Gasteiger partial charge in [0.05, 0.1) is 7.11 Å². The fourth-order valence-corrected chi connectivity index (χ4v) is 2.62. The number of carbonyl (C=O) groups excluding carboxylic acids is 1. The maximum Gasteiger partial charge on any atom is 0.327 e. The molecule has 0 unspecified atom stereocenters. The topological polar surface area (TPSA) is 52.3 Å². The van der Waals surface area contributed by atoms with Crippen molar-refractivity contribution in [3.63, 3.8) is 0 Å². The number of ether oxygens (including phenoxy) is 1. The predicted octanol–water partition coefficient (Wildman–Crippen LogP) is 2.43. The van der Waals surface area contributed by atoms with Gasteiger partial charge in [0.25, 0.3) is 0 Å². The minimum absolute atomic E-state index is 0.407. The van der Waals surface area contributed by atoms with E-state index in [1.165, 1.54) is 29.4 Å². The minimum Gasteiger partial charge on any atom is -0.468 e. The van der Waals surface area contributed by atoms with E-state index in [-0.39, 0.29) is 0 Å². The van der Waals surface area contributed by atoms with E-state index in [9.17, 15) is 4.79 Å². The van der Waals surface area contributed by atoms with Gasteiger partial charge in [0.15, 0.2) is 0 Å². The first kappa shape index (κ1) is 11.9. The number of esters is 1. The molecule has 0 saturated carbocycles. The van der Waals surface area contributed by atoms with Crippen molar-refractivity contribution < 1.29 is 9.53 Å². The lowest BCUT2D eigenvalue weighted by Crippen LogP contribution is -2.22. The van der Waals surface area contributed by atoms with Gasteiger partial charge in [0.2, 0.25) is 0 Å². The highest BCUT2D eigenvalue weighted by atomic mass is 16.5. The molecule has 19 heavy (non-hydrogen) atoms. The highest BCUT2D eigenvalue weighted by Crippen LogP contribution is 2.37. The van der Waals surface area contributed by atoms with Crippen molar-refractivity contribution in [2.45, 2.75) is 12.5 Å². The Kier molecular flexibility index (Phi) is 2.84. The molecule has 1 atom stereocenters. The summed E-state index contributed by atoms with van der Waals surface area (Å²) in [4.78, 5) is 11.5. The minimum atomic E-state index is -0.709. The number of methoxy groups -OCH3 is 1. The summed E-state index contributed by atoms with van der Waals surface area (Å²) in [6, 6.07) is 13.6. The third-order valence-electron chi connectivity index (χ3n) is 3.63. The van der Waals surface area contributed by atoms with Gasteiger partial charge in [-0.05, 0) is 34.2 Å². The lowest BCUT2D eigenvalue weighted by Gasteiger charge is -2.11. The summed E-state index contributed by atoms with van der Waals surface area (Å²) in [5, 5.41) is 0. The standard InChI is InChI=1S/C16H15NO2/c1-19-16(18)15(17)11-6-7-14-12(9-11)8-10-4-2-3-5-13(10)14/h2-7,9,15H,8,17H2,1H3/t15-/m1/s1. The smallest absolute Gasteiger partial charge is 0.327 e. The zero-order valence-electron chi connectivity index (χ0n) is 10.7. The first-order chi connectivity index (χ1) is 9.20. The Labute approximate surface area is 112 Å². The fourth-order valence-electron chi connectivity index (χ4n) is 2.62. The van der Waals surface area contributed by atoms with Gasteiger partial charge in [-0.15, -0.1) is 0 Å². The van der Waals surface area contributed by atoms with Crippen molar-refractivity contribution in [2.75, 3.05) is 7.11 Å². The van der Waals surface area contributed by atoms with E-state index in [1.807, 2.05) is 30.3 Å². The molecule has 0 spiro atoms. The van der Waals surface area contributed by atoms with Crippen LogP contribution in [0.3, 0.4) is 0 Å². The molecule has 0 aromatic heterocycles. The Morgan fingerprint density at radius 1 is 1.16 bits per heavy atom. The average Bonchev–Trinajstić information content (AvgIpc) is 2.83. The van der Waals surface area contributed by atoms with Crippen LogP contribution in [0.25, 0.3) is 11.1 Å². The molecule has 0 saturated heterocycles. The van der Waals surface area contributed by atoms with Gasteiger partial charge >= 0.3 is 5.97 Å². The first-order valence-electron chi connectivity index (χ1n) is 6.25. The molecule has 96 valence electrons. The normalized spacial score (nSPS) is 13.6. The molecule has 0 fully saturated rings. The van der Waals surface area contributed by atoms with Gasteiger partial charge in [0.1, 0.15) is 6.04 Å². The molecule has 3 rings (SSSR count). The van der Waals surface area contributed by atoms with E-state index in [0.29, 0.717) is 0 Å². The summed E-state index contributed by atoms with van der Waals surface area (Å²) >= 11 is 0. The molecule has 2 aromatic carbocycles. The van der Waals surface area contributed by atoms with Crippen molar-refractivity contribution in [1.82, 2.24) is 0 Å². The fraction of sp³-hybridized carbons (Fsp3) is 0.188. The molecular weight excluding hydrogens is 238 g/mol. The largest absolute Gasteiger partial charge is 0.468 e. The van der Waals surface area contributed by atoms with Gasteiger partial charge < -0.3 is 10.5 Å². The lowest BCUT2D eigenvalue weighted by atomic mass is 10.00. The van der Waals surface area contributed by atoms with Gasteiger partial charge in [-0.2, -0.15) is 0 Å². The van der Waals surface area contributed by atoms with Crippen LogP contribution in [0.2, 0.25) is 0 Å². The highest BCUT2D eigenvalue weighted by Gasteiger charge is 2.21. The lowest BCUT2D eigenvalue weighted by molar-refractivity contribution is -0.142. The molecule has 2 aromatic rings. The van der Waals surface area contributed by atoms with Crippen molar-refractivity contribution in [2.24, 2.45) is 5.73 Å². The van der Waals surface area contributed by atoms with E-state index >= 15 is 0 Å². The Morgan fingerprint density at radius 3 is 2.68 bits per heavy atom. The second kappa shape index (κ2) is 4.52. The van der Waals surface area contributed by atoms with Crippen molar-refractivity contribution in [3.8, 4) is 11.1 Å². The number of hydrogen-bond donors (Lipinski definition) is 1. The van der Waals surface area contributed by atoms with E-state index < -0.39 is 12.0 Å². The third kappa shape index (κ3) is 1.92. The molecule has 0 amide bonds. The summed E-state index contributed by atoms with van der Waals surface area (Å²) < 4.78 is 4.68. The van der Waals surface area contributed by atoms with Crippen LogP contribution in [0.1, 0.15) is 22.7 Å². The van der Waals surface area contributed by atoms with Crippen LogP contribution >= 0.6 is 0 Å². The monoisotopic (exact) mass is 253 g/mol. The van der Waals surface area contributed by atoms with E-state index in [1.54, 1.807) is 0 Å². The van der Waals surface area contributed by atoms with Gasteiger partial charge in [-0.25, -0.2) is 0 Å². The molecule has 0 radical (unpaired) electrons. The SMILES string of the molecule is COC(=O)[C@H](N)c1ccc2c(c1)Cc1ccccc1-2. The van der Waals surface area contributed by atoms with E-state index in [4.69, 9.17) is 5.73 Å². The molecule has 3 heteroatoms. The van der Waals surface area contributed by atoms with Crippen molar-refractivity contribution in [3.05, 3.63) is 59.2 Å². The van der Waals surface area contributed by atoms with Crippen LogP contribution in [0.15, 0.2) is 42.5 Å². The zero-order chi connectivity index (χ0) is 13.4. The molecule has 1 aliphatic rings. The van der Waals surface area contributed by atoms with Crippen molar-refractivity contribution >= 4 is 5.97 Å². The third-order valence-corrected chi connectivity index (χ3v) is 3.63. The number of nitrogens with two attached hydrogens (primary N) is 1. The first-order valence-corrected chi connectivity index (χ1v) is 6.25. The van der Waals surface area contributed by atoms with Crippen LogP contribution in [-0.2, 0) is 16.0 Å². The zero-order valence-corrected chi connectivity index (χ0v) is 10.7. The molecule has 0 bridgehead atoms. The number of hydrogen-bond acceptors (Lipinski definition) is 3. The molecule has 3 nitrogen and oxygen atoms in total. The summed E-state index contributed by atoms with van der Waals surface area (Å²) in [7, 11) is 1.35. The highest BCUT2D eigenvalue weighted by molar-refractivity contribution is 5.80. The Bertz CT molecular complexity index is 649. The number of carbonyl (C=O) groups is 1. The molecule has 0 heterocycles. The van der Waals surface area contributed by atoms with Crippen LogP contribution in [0.4, 0.5) is 0 Å². The Balaban J connectivity index is 2.00. The van der Waals surface area contributed by atoms with E-state index in [0.717, 1.165) is 12.0 Å². The summed E-state index contributed by atoms with van der Waals surface area (Å²) in [5.74, 6) is -0.407. The molecule has 0 aliphatic heterocycles. The summed E-state index contributed by atoms with van der Waals surface area (Å²) in [5.41, 5.74) is 11.7. The quantitative estimate of drug-likeness (QED) is 0.714. The Morgan fingerprint density at radius 2 is 1.89 bits per heavy atom. The van der Waals surface area contributed by atoms with Gasteiger partial charge in [0, 0.05) is 0 Å². The second-order valence-corrected chi connectivity index (χ2v) is 4.75. The second-order valence-electron chi connectivity index (χ2n) is 4.75. The number of rotatable bonds is 2. The maximum absolute atomic E-state index is 11.5.